The molecule has 0 radical (unpaired) electrons. The Morgan fingerprint density at radius 3 is 1.20 bits per heavy atom. The minimum Gasteiger partial charge on any atom is -0.462 e. The van der Waals surface area contributed by atoms with Gasteiger partial charge < -0.3 is 20.1 Å². The first-order valence-corrected chi connectivity index (χ1v) is 23.0. The van der Waals surface area contributed by atoms with Crippen LogP contribution in [0.2, 0.25) is 0 Å². The van der Waals surface area contributed by atoms with Gasteiger partial charge in [0.2, 0.25) is 0 Å². The fraction of sp³-hybridized carbons (Fsp3) is 0.951. The molecule has 2 atom stereocenters. The summed E-state index contributed by atoms with van der Waals surface area (Å²) in [5.41, 5.74) is 5.34. The summed E-state index contributed by atoms with van der Waals surface area (Å²) in [4.78, 5) is 34.8. The summed E-state index contributed by atoms with van der Waals surface area (Å²) in [5, 5.41) is 0. The van der Waals surface area contributed by atoms with Gasteiger partial charge in [-0.2, -0.15) is 0 Å². The molecule has 0 bridgehead atoms. The van der Waals surface area contributed by atoms with E-state index in [1.807, 2.05) is 0 Å². The first-order valence-electron chi connectivity index (χ1n) is 21.5. The number of esters is 2. The lowest BCUT2D eigenvalue weighted by molar-refractivity contribution is -0.161. The minimum absolute atomic E-state index is 0.0580. The molecule has 0 spiro atoms. The highest BCUT2D eigenvalue weighted by molar-refractivity contribution is 7.47. The van der Waals surface area contributed by atoms with Crippen LogP contribution in [0.3, 0.4) is 0 Å². The molecule has 51 heavy (non-hydrogen) atoms. The number of unbranched alkanes of at least 4 members (excludes halogenated alkanes) is 28. The van der Waals surface area contributed by atoms with Crippen molar-refractivity contribution in [1.82, 2.24) is 0 Å². The molecule has 0 aromatic carbocycles. The number of rotatable bonds is 41. The third kappa shape index (κ3) is 38.5. The van der Waals surface area contributed by atoms with Gasteiger partial charge in [0, 0.05) is 19.4 Å². The number of phosphoric ester groups is 1. The molecule has 0 saturated heterocycles. The van der Waals surface area contributed by atoms with Crippen molar-refractivity contribution in [3.8, 4) is 0 Å². The molecule has 0 aliphatic carbocycles. The Balaban J connectivity index is 4.07. The predicted octanol–water partition coefficient (Wildman–Crippen LogP) is 12.1. The molecule has 0 heterocycles. The smallest absolute Gasteiger partial charge is 0.462 e. The molecule has 10 heteroatoms. The largest absolute Gasteiger partial charge is 0.472 e. The molecule has 2 unspecified atom stereocenters. The standard InChI is InChI=1S/C41H82NO8P/c1-3-5-7-9-11-13-15-17-18-19-20-21-22-24-25-27-29-31-33-40(43)47-37-39(38-49-51(45,46)48-36-35-42)50-41(44)34-32-30-28-26-23-16-14-12-10-8-6-4-2/h39H,3-38,42H2,1-2H3,(H,45,46). The van der Waals surface area contributed by atoms with Gasteiger partial charge >= 0.3 is 19.8 Å². The molecule has 304 valence electrons. The van der Waals surface area contributed by atoms with Gasteiger partial charge in [0.15, 0.2) is 6.10 Å². The van der Waals surface area contributed by atoms with Crippen LogP contribution in [-0.4, -0.2) is 49.3 Å². The molecule has 0 aromatic rings. The fourth-order valence-corrected chi connectivity index (χ4v) is 7.05. The van der Waals surface area contributed by atoms with E-state index >= 15 is 0 Å². The fourth-order valence-electron chi connectivity index (χ4n) is 6.28. The van der Waals surface area contributed by atoms with Crippen molar-refractivity contribution < 1.29 is 37.6 Å². The van der Waals surface area contributed by atoms with Gasteiger partial charge in [0.25, 0.3) is 0 Å². The van der Waals surface area contributed by atoms with Gasteiger partial charge in [-0.15, -0.1) is 0 Å². The van der Waals surface area contributed by atoms with Crippen LogP contribution in [0.15, 0.2) is 0 Å². The lowest BCUT2D eigenvalue weighted by Gasteiger charge is -2.19. The van der Waals surface area contributed by atoms with Crippen molar-refractivity contribution in [1.29, 1.82) is 0 Å². The molecule has 0 aliphatic heterocycles. The third-order valence-corrected chi connectivity index (χ3v) is 10.5. The number of nitrogens with two attached hydrogens (primary N) is 1. The number of hydrogen-bond donors (Lipinski definition) is 2. The summed E-state index contributed by atoms with van der Waals surface area (Å²) in [5.74, 6) is -0.814. The predicted molar refractivity (Wildman–Crippen MR) is 211 cm³/mol. The second kappa shape index (κ2) is 38.7. The average Bonchev–Trinajstić information content (AvgIpc) is 3.11. The van der Waals surface area contributed by atoms with Crippen molar-refractivity contribution in [2.45, 2.75) is 225 Å². The Morgan fingerprint density at radius 1 is 0.510 bits per heavy atom. The highest BCUT2D eigenvalue weighted by atomic mass is 31.2. The van der Waals surface area contributed by atoms with Crippen LogP contribution >= 0.6 is 7.82 Å². The number of ether oxygens (including phenoxy) is 2. The van der Waals surface area contributed by atoms with E-state index in [9.17, 15) is 19.0 Å². The first-order chi connectivity index (χ1) is 24.8. The molecule has 0 aliphatic rings. The van der Waals surface area contributed by atoms with Crippen LogP contribution in [0.5, 0.6) is 0 Å². The Bertz CT molecular complexity index is 815. The monoisotopic (exact) mass is 748 g/mol. The maximum atomic E-state index is 12.5. The molecule has 9 nitrogen and oxygen atoms in total. The molecule has 0 aromatic heterocycles. The maximum Gasteiger partial charge on any atom is 0.472 e. The summed E-state index contributed by atoms with van der Waals surface area (Å²) in [6.07, 6.45) is 37.0. The number of carbonyl (C=O) groups is 2. The number of hydrogen-bond acceptors (Lipinski definition) is 8. The van der Waals surface area contributed by atoms with Crippen LogP contribution < -0.4 is 5.73 Å². The van der Waals surface area contributed by atoms with Gasteiger partial charge in [-0.3, -0.25) is 18.6 Å². The zero-order valence-corrected chi connectivity index (χ0v) is 34.3. The molecule has 0 amide bonds. The highest BCUT2D eigenvalue weighted by Crippen LogP contribution is 2.43. The highest BCUT2D eigenvalue weighted by Gasteiger charge is 2.26. The molecule has 0 saturated carbocycles. The van der Waals surface area contributed by atoms with Crippen LogP contribution in [0.25, 0.3) is 0 Å². The van der Waals surface area contributed by atoms with Gasteiger partial charge in [0.1, 0.15) is 6.61 Å². The number of carbonyl (C=O) groups excluding carboxylic acids is 2. The quantitative estimate of drug-likeness (QED) is 0.0356. The van der Waals surface area contributed by atoms with Crippen LogP contribution in [0.1, 0.15) is 219 Å². The van der Waals surface area contributed by atoms with E-state index in [1.165, 1.54) is 154 Å². The van der Waals surface area contributed by atoms with E-state index in [0.29, 0.717) is 6.42 Å². The lowest BCUT2D eigenvalue weighted by Crippen LogP contribution is -2.29. The summed E-state index contributed by atoms with van der Waals surface area (Å²) in [7, 11) is -4.36. The van der Waals surface area contributed by atoms with Crippen molar-refractivity contribution in [2.24, 2.45) is 5.73 Å². The zero-order chi connectivity index (χ0) is 37.5. The molecule has 0 rings (SSSR count). The second-order valence-electron chi connectivity index (χ2n) is 14.6. The second-order valence-corrected chi connectivity index (χ2v) is 16.0. The Hall–Kier alpha value is -0.990. The van der Waals surface area contributed by atoms with E-state index in [1.54, 1.807) is 0 Å². The molecule has 3 N–H and O–H groups in total. The van der Waals surface area contributed by atoms with Gasteiger partial charge in [-0.05, 0) is 12.8 Å². The van der Waals surface area contributed by atoms with E-state index in [-0.39, 0.29) is 38.6 Å². The summed E-state index contributed by atoms with van der Waals surface area (Å²) in [6.45, 7) is 3.76. The Morgan fingerprint density at radius 2 is 0.843 bits per heavy atom. The van der Waals surface area contributed by atoms with Gasteiger partial charge in [-0.1, -0.05) is 194 Å². The van der Waals surface area contributed by atoms with Crippen molar-refractivity contribution in [3.63, 3.8) is 0 Å². The average molecular weight is 748 g/mol. The maximum absolute atomic E-state index is 12.5. The van der Waals surface area contributed by atoms with E-state index in [4.69, 9.17) is 24.3 Å². The van der Waals surface area contributed by atoms with Crippen LogP contribution in [0, 0.1) is 0 Å². The van der Waals surface area contributed by atoms with Crippen LogP contribution in [0.4, 0.5) is 0 Å². The van der Waals surface area contributed by atoms with Gasteiger partial charge in [-0.25, -0.2) is 4.57 Å². The first kappa shape index (κ1) is 50.0. The molecular formula is C41H82NO8P. The zero-order valence-electron chi connectivity index (χ0n) is 33.4. The Labute approximate surface area is 314 Å². The summed E-state index contributed by atoms with van der Waals surface area (Å²) < 4.78 is 32.7. The SMILES string of the molecule is CCCCCCCCCCCCCCCCCCCCC(=O)OCC(COP(=O)(O)OCCN)OC(=O)CCCCCCCCCCCCCC. The normalized spacial score (nSPS) is 13.3. The van der Waals surface area contributed by atoms with Crippen LogP contribution in [-0.2, 0) is 32.7 Å². The van der Waals surface area contributed by atoms with Gasteiger partial charge in [0.05, 0.1) is 13.2 Å². The van der Waals surface area contributed by atoms with Crippen molar-refractivity contribution in [2.75, 3.05) is 26.4 Å². The third-order valence-electron chi connectivity index (χ3n) is 9.49. The number of phosphoric acid groups is 1. The summed E-state index contributed by atoms with van der Waals surface area (Å²) >= 11 is 0. The summed E-state index contributed by atoms with van der Waals surface area (Å²) in [6, 6.07) is 0. The van der Waals surface area contributed by atoms with E-state index in [2.05, 4.69) is 13.8 Å². The van der Waals surface area contributed by atoms with Crippen molar-refractivity contribution in [3.05, 3.63) is 0 Å². The van der Waals surface area contributed by atoms with E-state index < -0.39 is 26.5 Å². The van der Waals surface area contributed by atoms with Crippen molar-refractivity contribution >= 4 is 19.8 Å². The lowest BCUT2D eigenvalue weighted by atomic mass is 10.0. The topological polar surface area (TPSA) is 134 Å². The molecular weight excluding hydrogens is 665 g/mol. The Kier molecular flexibility index (Phi) is 38.0. The van der Waals surface area contributed by atoms with E-state index in [0.717, 1.165) is 32.1 Å². The minimum atomic E-state index is -4.36. The molecule has 0 fully saturated rings.